The van der Waals surface area contributed by atoms with Crippen molar-refractivity contribution >= 4 is 5.97 Å². The first-order valence-electron chi connectivity index (χ1n) is 4.24. The Morgan fingerprint density at radius 3 is 2.83 bits per heavy atom. The highest BCUT2D eigenvalue weighted by Crippen LogP contribution is 2.37. The number of hydrogen-bond donors (Lipinski definition) is 1. The van der Waals surface area contributed by atoms with E-state index >= 15 is 0 Å². The van der Waals surface area contributed by atoms with E-state index in [0.717, 1.165) is 6.42 Å². The van der Waals surface area contributed by atoms with Crippen molar-refractivity contribution in [2.75, 3.05) is 0 Å². The van der Waals surface area contributed by atoms with Crippen LogP contribution in [0.3, 0.4) is 0 Å². The second-order valence-electron chi connectivity index (χ2n) is 3.76. The third kappa shape index (κ3) is 1.50. The van der Waals surface area contributed by atoms with Gasteiger partial charge in [0.15, 0.2) is 0 Å². The molecule has 3 heteroatoms. The summed E-state index contributed by atoms with van der Waals surface area (Å²) in [5, 5.41) is 9.35. The van der Waals surface area contributed by atoms with Crippen molar-refractivity contribution in [1.29, 1.82) is 0 Å². The first-order chi connectivity index (χ1) is 5.57. The predicted octanol–water partition coefficient (Wildman–Crippen LogP) is 0.978. The molecule has 0 aromatic rings. The lowest BCUT2D eigenvalue weighted by atomic mass is 10.1. The van der Waals surface area contributed by atoms with Crippen molar-refractivity contribution in [3.05, 3.63) is 11.6 Å². The molecule has 1 atom stereocenters. The number of hydrogen-bond acceptors (Lipinski definition) is 3. The van der Waals surface area contributed by atoms with Crippen LogP contribution in [0.15, 0.2) is 11.6 Å². The molecule has 0 bridgehead atoms. The molecule has 66 valence electrons. The Morgan fingerprint density at radius 2 is 2.42 bits per heavy atom. The molecule has 0 radical (unpaired) electrons. The molecule has 1 saturated carbocycles. The van der Waals surface area contributed by atoms with E-state index in [2.05, 4.69) is 0 Å². The molecule has 1 N–H and O–H groups in total. The van der Waals surface area contributed by atoms with E-state index in [-0.39, 0.29) is 5.97 Å². The molecule has 3 nitrogen and oxygen atoms in total. The van der Waals surface area contributed by atoms with Crippen LogP contribution < -0.4 is 0 Å². The number of cyclic esters (lactones) is 1. The average Bonchev–Trinajstić information content (AvgIpc) is 2.63. The van der Waals surface area contributed by atoms with E-state index in [0.29, 0.717) is 11.5 Å². The summed E-state index contributed by atoms with van der Waals surface area (Å²) in [6, 6.07) is 0. The highest BCUT2D eigenvalue weighted by Gasteiger charge is 2.36. The quantitative estimate of drug-likeness (QED) is 0.625. The normalized spacial score (nSPS) is 34.8. The minimum atomic E-state index is -1.36. The maximum Gasteiger partial charge on any atom is 0.336 e. The number of carbonyl (C=O) groups is 1. The molecule has 1 aliphatic carbocycles. The summed E-state index contributed by atoms with van der Waals surface area (Å²) in [6.07, 6.45) is 4.70. The summed E-state index contributed by atoms with van der Waals surface area (Å²) >= 11 is 0. The third-order valence-corrected chi connectivity index (χ3v) is 2.21. The molecule has 0 aromatic carbocycles. The maximum atomic E-state index is 11.1. The number of carbonyl (C=O) groups excluding carboxylic acids is 1. The molecular weight excluding hydrogens is 156 g/mol. The van der Waals surface area contributed by atoms with E-state index in [1.54, 1.807) is 0 Å². The number of ether oxygens (including phenoxy) is 1. The largest absolute Gasteiger partial charge is 0.426 e. The van der Waals surface area contributed by atoms with Gasteiger partial charge in [-0.05, 0) is 31.3 Å². The fourth-order valence-electron chi connectivity index (χ4n) is 1.44. The van der Waals surface area contributed by atoms with Gasteiger partial charge in [0, 0.05) is 12.5 Å². The van der Waals surface area contributed by atoms with Crippen molar-refractivity contribution in [3.8, 4) is 0 Å². The topological polar surface area (TPSA) is 46.5 Å². The average molecular weight is 168 g/mol. The van der Waals surface area contributed by atoms with Crippen molar-refractivity contribution in [2.24, 2.45) is 5.92 Å². The summed E-state index contributed by atoms with van der Waals surface area (Å²) in [5.41, 5.74) is 0.641. The Hall–Kier alpha value is -0.830. The zero-order valence-corrected chi connectivity index (χ0v) is 7.04. The smallest absolute Gasteiger partial charge is 0.336 e. The summed E-state index contributed by atoms with van der Waals surface area (Å²) in [6.45, 7) is 1.48. The molecule has 2 rings (SSSR count). The minimum Gasteiger partial charge on any atom is -0.426 e. The van der Waals surface area contributed by atoms with Gasteiger partial charge in [0.2, 0.25) is 5.79 Å². The molecule has 1 fully saturated rings. The molecule has 0 amide bonds. The van der Waals surface area contributed by atoms with E-state index in [1.165, 1.54) is 25.8 Å². The summed E-state index contributed by atoms with van der Waals surface area (Å²) in [4.78, 5) is 11.1. The summed E-state index contributed by atoms with van der Waals surface area (Å²) in [7, 11) is 0. The molecule has 12 heavy (non-hydrogen) atoms. The van der Waals surface area contributed by atoms with E-state index < -0.39 is 5.79 Å². The molecular formula is C9H12O3. The van der Waals surface area contributed by atoms with Crippen molar-refractivity contribution in [3.63, 3.8) is 0 Å². The lowest BCUT2D eigenvalue weighted by molar-refractivity contribution is -0.172. The van der Waals surface area contributed by atoms with Gasteiger partial charge in [-0.3, -0.25) is 0 Å². The lowest BCUT2D eigenvalue weighted by Gasteiger charge is -2.11. The van der Waals surface area contributed by atoms with Gasteiger partial charge >= 0.3 is 5.97 Å². The van der Waals surface area contributed by atoms with Crippen LogP contribution in [0.25, 0.3) is 0 Å². The number of aliphatic hydroxyl groups is 1. The predicted molar refractivity (Wildman–Crippen MR) is 42.1 cm³/mol. The third-order valence-electron chi connectivity index (χ3n) is 2.21. The van der Waals surface area contributed by atoms with Crippen LogP contribution in [-0.4, -0.2) is 16.9 Å². The molecule has 0 spiro atoms. The Morgan fingerprint density at radius 1 is 1.75 bits per heavy atom. The first-order valence-corrected chi connectivity index (χ1v) is 4.24. The van der Waals surface area contributed by atoms with Crippen LogP contribution in [0.5, 0.6) is 0 Å². The maximum absolute atomic E-state index is 11.1. The van der Waals surface area contributed by atoms with Gasteiger partial charge in [0.05, 0.1) is 0 Å². The second kappa shape index (κ2) is 2.33. The highest BCUT2D eigenvalue weighted by molar-refractivity contribution is 5.91. The van der Waals surface area contributed by atoms with Gasteiger partial charge in [-0.1, -0.05) is 0 Å². The Bertz CT molecular complexity index is 248. The van der Waals surface area contributed by atoms with Gasteiger partial charge in [-0.25, -0.2) is 4.79 Å². The number of esters is 1. The Labute approximate surface area is 71.0 Å². The van der Waals surface area contributed by atoms with Crippen molar-refractivity contribution < 1.29 is 14.6 Å². The minimum absolute atomic E-state index is 0.355. The fraction of sp³-hybridized carbons (Fsp3) is 0.667. The van der Waals surface area contributed by atoms with E-state index in [9.17, 15) is 9.90 Å². The first kappa shape index (κ1) is 7.80. The second-order valence-corrected chi connectivity index (χ2v) is 3.76. The highest BCUT2D eigenvalue weighted by atomic mass is 16.7. The molecule has 0 unspecified atom stereocenters. The molecule has 0 saturated heterocycles. The van der Waals surface area contributed by atoms with E-state index in [4.69, 9.17) is 4.74 Å². The van der Waals surface area contributed by atoms with Gasteiger partial charge in [-0.2, -0.15) is 0 Å². The molecule has 2 aliphatic rings. The van der Waals surface area contributed by atoms with Gasteiger partial charge in [0.25, 0.3) is 0 Å². The standard InChI is InChI=1S/C9H12O3/c1-9(11)5-7(8(10)12-9)4-6-2-3-6/h5-6,11H,2-4H2,1H3/t9-/m0/s1. The number of rotatable bonds is 2. The van der Waals surface area contributed by atoms with Gasteiger partial charge in [-0.15, -0.1) is 0 Å². The van der Waals surface area contributed by atoms with Gasteiger partial charge in [0.1, 0.15) is 0 Å². The monoisotopic (exact) mass is 168 g/mol. The fourth-order valence-corrected chi connectivity index (χ4v) is 1.44. The van der Waals surface area contributed by atoms with Crippen molar-refractivity contribution in [1.82, 2.24) is 0 Å². The lowest BCUT2D eigenvalue weighted by Crippen LogP contribution is -2.22. The van der Waals surface area contributed by atoms with Crippen molar-refractivity contribution in [2.45, 2.75) is 32.0 Å². The zero-order valence-electron chi connectivity index (χ0n) is 7.04. The van der Waals surface area contributed by atoms with Crippen LogP contribution >= 0.6 is 0 Å². The van der Waals surface area contributed by atoms with Crippen LogP contribution in [0.4, 0.5) is 0 Å². The molecule has 0 aromatic heterocycles. The SMILES string of the molecule is C[C@@]1(O)C=C(CC2CC2)C(=O)O1. The summed E-state index contributed by atoms with van der Waals surface area (Å²) in [5.74, 6) is -1.06. The molecule has 1 aliphatic heterocycles. The van der Waals surface area contributed by atoms with Gasteiger partial charge < -0.3 is 9.84 Å². The van der Waals surface area contributed by atoms with Crippen LogP contribution in [0.1, 0.15) is 26.2 Å². The summed E-state index contributed by atoms with van der Waals surface area (Å²) < 4.78 is 4.71. The van der Waals surface area contributed by atoms with Crippen LogP contribution in [-0.2, 0) is 9.53 Å². The van der Waals surface area contributed by atoms with E-state index in [1.807, 2.05) is 0 Å². The molecule has 1 heterocycles. The van der Waals surface area contributed by atoms with Crippen LogP contribution in [0.2, 0.25) is 0 Å². The Balaban J connectivity index is 2.07. The Kier molecular flexibility index (Phi) is 1.51. The van der Waals surface area contributed by atoms with Crippen LogP contribution in [0, 0.1) is 5.92 Å². The zero-order chi connectivity index (χ0) is 8.77.